The Kier molecular flexibility index (Phi) is 6.08. The number of imide groups is 1. The number of amides is 3. The molecule has 6 nitrogen and oxygen atoms in total. The molecule has 0 bridgehead atoms. The average molecular weight is 447 g/mol. The Morgan fingerprint density at radius 2 is 1.75 bits per heavy atom. The molecule has 32 heavy (non-hydrogen) atoms. The van der Waals surface area contributed by atoms with E-state index in [1.165, 1.54) is 36.3 Å². The summed E-state index contributed by atoms with van der Waals surface area (Å²) in [5.74, 6) is -0.427. The summed E-state index contributed by atoms with van der Waals surface area (Å²) in [4.78, 5) is 32.8. The molecule has 1 unspecified atom stereocenters. The number of urea groups is 1. The number of anilines is 1. The molecule has 0 spiro atoms. The molecule has 4 rings (SSSR count). The summed E-state index contributed by atoms with van der Waals surface area (Å²) < 4.78 is 41.0. The van der Waals surface area contributed by atoms with Gasteiger partial charge in [-0.15, -0.1) is 13.2 Å². The van der Waals surface area contributed by atoms with E-state index in [4.69, 9.17) is 0 Å². The molecular formula is C23H24F3N3O3. The van der Waals surface area contributed by atoms with E-state index >= 15 is 0 Å². The van der Waals surface area contributed by atoms with Crippen molar-refractivity contribution < 1.29 is 27.5 Å². The highest BCUT2D eigenvalue weighted by atomic mass is 19.4. The average Bonchev–Trinajstić information content (AvgIpc) is 2.97. The topological polar surface area (TPSA) is 62.7 Å². The van der Waals surface area contributed by atoms with Crippen LogP contribution in [0.1, 0.15) is 56.2 Å². The van der Waals surface area contributed by atoms with Crippen molar-refractivity contribution in [3.05, 3.63) is 53.9 Å². The predicted octanol–water partition coefficient (Wildman–Crippen LogP) is 5.39. The summed E-state index contributed by atoms with van der Waals surface area (Å²) in [6.07, 6.45) is 2.77. The Morgan fingerprint density at radius 1 is 1.06 bits per heavy atom. The van der Waals surface area contributed by atoms with Crippen LogP contribution in [0.3, 0.4) is 0 Å². The molecule has 2 heterocycles. The van der Waals surface area contributed by atoms with Crippen LogP contribution in [-0.4, -0.2) is 34.2 Å². The third-order valence-corrected chi connectivity index (χ3v) is 6.03. The number of pyridine rings is 1. The SMILES string of the molecule is CC1C(=O)N(c2ccc(OC(F)(F)F)cc2)C(=O)N1Cc1ccnc(C2CCCCC2)c1. The molecule has 1 aliphatic carbocycles. The zero-order chi connectivity index (χ0) is 22.9. The van der Waals surface area contributed by atoms with Gasteiger partial charge in [-0.1, -0.05) is 19.3 Å². The number of halogens is 3. The van der Waals surface area contributed by atoms with Gasteiger partial charge in [0.2, 0.25) is 0 Å². The van der Waals surface area contributed by atoms with Crippen molar-refractivity contribution in [3.63, 3.8) is 0 Å². The van der Waals surface area contributed by atoms with E-state index in [1.807, 2.05) is 12.1 Å². The molecule has 2 fully saturated rings. The molecule has 0 N–H and O–H groups in total. The smallest absolute Gasteiger partial charge is 0.406 e. The van der Waals surface area contributed by atoms with E-state index in [0.29, 0.717) is 5.92 Å². The maximum absolute atomic E-state index is 13.0. The van der Waals surface area contributed by atoms with Crippen LogP contribution in [0, 0.1) is 0 Å². The van der Waals surface area contributed by atoms with Gasteiger partial charge < -0.3 is 9.64 Å². The van der Waals surface area contributed by atoms with Crippen LogP contribution in [0.4, 0.5) is 23.7 Å². The molecule has 2 aliphatic rings. The monoisotopic (exact) mass is 447 g/mol. The maximum atomic E-state index is 13.0. The van der Waals surface area contributed by atoms with Crippen LogP contribution in [0.5, 0.6) is 5.75 Å². The minimum atomic E-state index is -4.81. The number of nitrogens with zero attached hydrogens (tertiary/aromatic N) is 3. The first-order valence-electron chi connectivity index (χ1n) is 10.7. The third-order valence-electron chi connectivity index (χ3n) is 6.03. The number of carbonyl (C=O) groups excluding carboxylic acids is 2. The fraction of sp³-hybridized carbons (Fsp3) is 0.435. The van der Waals surface area contributed by atoms with E-state index in [9.17, 15) is 22.8 Å². The number of rotatable bonds is 5. The van der Waals surface area contributed by atoms with Crippen molar-refractivity contribution in [1.29, 1.82) is 0 Å². The second-order valence-electron chi connectivity index (χ2n) is 8.23. The first-order valence-corrected chi connectivity index (χ1v) is 10.7. The summed E-state index contributed by atoms with van der Waals surface area (Å²) >= 11 is 0. The Hall–Kier alpha value is -3.10. The number of ether oxygens (including phenoxy) is 1. The molecule has 1 aromatic heterocycles. The number of hydrogen-bond donors (Lipinski definition) is 0. The highest BCUT2D eigenvalue weighted by Gasteiger charge is 2.43. The second-order valence-corrected chi connectivity index (χ2v) is 8.23. The summed E-state index contributed by atoms with van der Waals surface area (Å²) in [5.41, 5.74) is 2.11. The van der Waals surface area contributed by atoms with Crippen molar-refractivity contribution in [2.24, 2.45) is 0 Å². The van der Waals surface area contributed by atoms with Crippen molar-refractivity contribution in [2.45, 2.75) is 63.9 Å². The summed E-state index contributed by atoms with van der Waals surface area (Å²) in [6, 6.07) is 7.32. The van der Waals surface area contributed by atoms with E-state index in [-0.39, 0.29) is 12.2 Å². The third kappa shape index (κ3) is 4.71. The van der Waals surface area contributed by atoms with Crippen LogP contribution >= 0.6 is 0 Å². The van der Waals surface area contributed by atoms with Gasteiger partial charge in [0, 0.05) is 24.4 Å². The van der Waals surface area contributed by atoms with Crippen LogP contribution in [0.25, 0.3) is 0 Å². The van der Waals surface area contributed by atoms with Gasteiger partial charge in [-0.3, -0.25) is 9.78 Å². The lowest BCUT2D eigenvalue weighted by atomic mass is 9.86. The van der Waals surface area contributed by atoms with Crippen LogP contribution in [-0.2, 0) is 11.3 Å². The largest absolute Gasteiger partial charge is 0.573 e. The van der Waals surface area contributed by atoms with Gasteiger partial charge in [0.05, 0.1) is 5.69 Å². The van der Waals surface area contributed by atoms with E-state index in [1.54, 1.807) is 13.1 Å². The molecule has 2 aromatic rings. The Morgan fingerprint density at radius 3 is 2.41 bits per heavy atom. The van der Waals surface area contributed by atoms with Gasteiger partial charge in [-0.05, 0) is 61.7 Å². The molecule has 170 valence electrons. The Balaban J connectivity index is 1.49. The normalized spacial score (nSPS) is 20.2. The van der Waals surface area contributed by atoms with Gasteiger partial charge >= 0.3 is 12.4 Å². The van der Waals surface area contributed by atoms with Gasteiger partial charge in [-0.2, -0.15) is 0 Å². The first-order chi connectivity index (χ1) is 15.2. The molecular weight excluding hydrogens is 423 g/mol. The van der Waals surface area contributed by atoms with Gasteiger partial charge in [0.15, 0.2) is 0 Å². The Labute approximate surface area is 184 Å². The molecule has 9 heteroatoms. The van der Waals surface area contributed by atoms with E-state index in [2.05, 4.69) is 9.72 Å². The minimum Gasteiger partial charge on any atom is -0.406 e. The minimum absolute atomic E-state index is 0.196. The number of hydrogen-bond acceptors (Lipinski definition) is 4. The lowest BCUT2D eigenvalue weighted by Crippen LogP contribution is -2.33. The highest BCUT2D eigenvalue weighted by Crippen LogP contribution is 2.33. The number of aromatic nitrogens is 1. The second kappa shape index (κ2) is 8.80. The van der Waals surface area contributed by atoms with Gasteiger partial charge in [0.25, 0.3) is 5.91 Å². The van der Waals surface area contributed by atoms with E-state index < -0.39 is 30.1 Å². The summed E-state index contributed by atoms with van der Waals surface area (Å²) in [7, 11) is 0. The molecule has 1 saturated carbocycles. The molecule has 3 amide bonds. The van der Waals surface area contributed by atoms with Gasteiger partial charge in [-0.25, -0.2) is 9.69 Å². The molecule has 1 aliphatic heterocycles. The van der Waals surface area contributed by atoms with Crippen molar-refractivity contribution >= 4 is 17.6 Å². The predicted molar refractivity (Wildman–Crippen MR) is 111 cm³/mol. The number of alkyl halides is 3. The zero-order valence-corrected chi connectivity index (χ0v) is 17.6. The first kappa shape index (κ1) is 22.1. The highest BCUT2D eigenvalue weighted by molar-refractivity contribution is 6.21. The zero-order valence-electron chi connectivity index (χ0n) is 17.6. The van der Waals surface area contributed by atoms with Crippen molar-refractivity contribution in [1.82, 2.24) is 9.88 Å². The number of carbonyl (C=O) groups is 2. The van der Waals surface area contributed by atoms with Gasteiger partial charge in [0.1, 0.15) is 11.8 Å². The summed E-state index contributed by atoms with van der Waals surface area (Å²) in [5, 5.41) is 0. The van der Waals surface area contributed by atoms with Crippen molar-refractivity contribution in [2.75, 3.05) is 4.90 Å². The molecule has 1 atom stereocenters. The van der Waals surface area contributed by atoms with E-state index in [0.717, 1.165) is 41.1 Å². The van der Waals surface area contributed by atoms with Crippen LogP contribution in [0.15, 0.2) is 42.6 Å². The fourth-order valence-electron chi connectivity index (χ4n) is 4.36. The fourth-order valence-corrected chi connectivity index (χ4v) is 4.36. The van der Waals surface area contributed by atoms with Crippen LogP contribution < -0.4 is 9.64 Å². The van der Waals surface area contributed by atoms with Crippen LogP contribution in [0.2, 0.25) is 0 Å². The molecule has 1 aromatic carbocycles. The number of benzene rings is 1. The molecule has 1 saturated heterocycles. The molecule has 0 radical (unpaired) electrons. The lowest BCUT2D eigenvalue weighted by Gasteiger charge is -2.23. The lowest BCUT2D eigenvalue weighted by molar-refractivity contribution is -0.274. The summed E-state index contributed by atoms with van der Waals surface area (Å²) in [6.45, 7) is 1.89. The van der Waals surface area contributed by atoms with Crippen molar-refractivity contribution in [3.8, 4) is 5.75 Å². The quantitative estimate of drug-likeness (QED) is 0.577. The Bertz CT molecular complexity index is 988. The maximum Gasteiger partial charge on any atom is 0.573 e. The standard InChI is InChI=1S/C23H24F3N3O3/c1-15-21(30)29(18-7-9-19(10-8-18)32-23(24,25)26)22(31)28(15)14-16-11-12-27-20(13-16)17-5-3-2-4-6-17/h7-13,15,17H,2-6,14H2,1H3.